The van der Waals surface area contributed by atoms with E-state index in [1.54, 1.807) is 0 Å². The lowest BCUT2D eigenvalue weighted by atomic mass is 9.44. The molecule has 0 amide bonds. The van der Waals surface area contributed by atoms with Crippen molar-refractivity contribution in [3.8, 4) is 0 Å². The third kappa shape index (κ3) is 3.05. The second kappa shape index (κ2) is 7.10. The molecule has 0 aliphatic heterocycles. The number of ketones is 1. The van der Waals surface area contributed by atoms with Crippen molar-refractivity contribution in [2.75, 3.05) is 0 Å². The minimum atomic E-state index is -0.0902. The minimum absolute atomic E-state index is 0.0246. The fraction of sp³-hybridized carbons (Fsp3) is 0.933. The number of esters is 1. The summed E-state index contributed by atoms with van der Waals surface area (Å²) in [6, 6.07) is 0. The summed E-state index contributed by atoms with van der Waals surface area (Å²) in [5.74, 6) is 6.13. The average molecular weight is 453 g/mol. The first-order valence-electron chi connectivity index (χ1n) is 14.5. The molecule has 0 saturated heterocycles. The van der Waals surface area contributed by atoms with Crippen molar-refractivity contribution in [3.05, 3.63) is 0 Å². The minimum Gasteiger partial charge on any atom is -0.459 e. The lowest BCUT2D eigenvalue weighted by Crippen LogP contribution is -2.55. The standard InChI is InChI=1S/C30H44O3/c1-28-9-7-21(27(32)33-30-15-18-11-19(16-30)13-20(12-18)17-30)14-22(28)3-4-23-24-5-6-26(31)29(24,2)10-8-25(23)28/h18-25H,3-17H2,1-2H3/t18?,19?,20?,21-,22-,23-,24-,25-,28-,29-,30?/m0/s1. The molecule has 0 spiro atoms. The van der Waals surface area contributed by atoms with Gasteiger partial charge in [-0.05, 0) is 137 Å². The van der Waals surface area contributed by atoms with Crippen LogP contribution in [-0.2, 0) is 14.3 Å². The Balaban J connectivity index is 1.05. The lowest BCUT2D eigenvalue weighted by Gasteiger charge is -2.60. The van der Waals surface area contributed by atoms with Crippen molar-refractivity contribution in [1.82, 2.24) is 0 Å². The van der Waals surface area contributed by atoms with E-state index >= 15 is 0 Å². The first kappa shape index (κ1) is 21.4. The van der Waals surface area contributed by atoms with Gasteiger partial charge >= 0.3 is 5.97 Å². The summed E-state index contributed by atoms with van der Waals surface area (Å²) in [6.07, 6.45) is 17.8. The summed E-state index contributed by atoms with van der Waals surface area (Å²) in [5, 5.41) is 0. The van der Waals surface area contributed by atoms with Gasteiger partial charge in [-0.3, -0.25) is 9.59 Å². The fourth-order valence-electron chi connectivity index (χ4n) is 11.7. The fourth-order valence-corrected chi connectivity index (χ4v) is 11.7. The molecule has 0 radical (unpaired) electrons. The van der Waals surface area contributed by atoms with E-state index in [0.29, 0.717) is 23.0 Å². The van der Waals surface area contributed by atoms with E-state index in [1.807, 2.05) is 0 Å². The summed E-state index contributed by atoms with van der Waals surface area (Å²) >= 11 is 0. The van der Waals surface area contributed by atoms with Gasteiger partial charge in [0.2, 0.25) is 0 Å². The number of rotatable bonds is 2. The van der Waals surface area contributed by atoms with E-state index in [-0.39, 0.29) is 22.9 Å². The number of carbonyl (C=O) groups excluding carboxylic acids is 2. The first-order valence-corrected chi connectivity index (χ1v) is 14.5. The maximum Gasteiger partial charge on any atom is 0.309 e. The van der Waals surface area contributed by atoms with Crippen LogP contribution in [0, 0.1) is 58.2 Å². The van der Waals surface area contributed by atoms with E-state index in [9.17, 15) is 9.59 Å². The summed E-state index contributed by atoms with van der Waals surface area (Å²) in [7, 11) is 0. The molecular weight excluding hydrogens is 408 g/mol. The molecule has 0 aromatic heterocycles. The van der Waals surface area contributed by atoms with Crippen LogP contribution in [0.1, 0.15) is 110 Å². The molecule has 0 aromatic rings. The lowest BCUT2D eigenvalue weighted by molar-refractivity contribution is -0.195. The van der Waals surface area contributed by atoms with Crippen LogP contribution < -0.4 is 0 Å². The molecule has 8 rings (SSSR count). The van der Waals surface area contributed by atoms with Crippen molar-refractivity contribution >= 4 is 11.8 Å². The van der Waals surface area contributed by atoms with Crippen molar-refractivity contribution in [3.63, 3.8) is 0 Å². The smallest absolute Gasteiger partial charge is 0.309 e. The average Bonchev–Trinajstić information content (AvgIpc) is 3.06. The Morgan fingerprint density at radius 2 is 1.52 bits per heavy atom. The van der Waals surface area contributed by atoms with Crippen LogP contribution >= 0.6 is 0 Å². The zero-order valence-electron chi connectivity index (χ0n) is 21.0. The Labute approximate surface area is 200 Å². The van der Waals surface area contributed by atoms with Gasteiger partial charge in [-0.1, -0.05) is 13.8 Å². The first-order chi connectivity index (χ1) is 15.8. The number of Topliss-reactive ketones (excluding diaryl/α,β-unsaturated/α-hetero) is 1. The van der Waals surface area contributed by atoms with E-state index in [1.165, 1.54) is 44.9 Å². The van der Waals surface area contributed by atoms with Crippen molar-refractivity contribution < 1.29 is 14.3 Å². The van der Waals surface area contributed by atoms with Crippen LogP contribution in [0.2, 0.25) is 0 Å². The van der Waals surface area contributed by atoms with Crippen LogP contribution in [0.3, 0.4) is 0 Å². The Kier molecular flexibility index (Phi) is 4.61. The molecule has 8 aliphatic carbocycles. The van der Waals surface area contributed by atoms with Gasteiger partial charge in [-0.2, -0.15) is 0 Å². The molecule has 0 N–H and O–H groups in total. The molecule has 0 aromatic carbocycles. The van der Waals surface area contributed by atoms with Crippen molar-refractivity contribution in [1.29, 1.82) is 0 Å². The normalized spacial score (nSPS) is 56.7. The maximum absolute atomic E-state index is 13.5. The molecule has 0 unspecified atom stereocenters. The topological polar surface area (TPSA) is 43.4 Å². The molecule has 8 saturated carbocycles. The summed E-state index contributed by atoms with van der Waals surface area (Å²) in [6.45, 7) is 4.85. The van der Waals surface area contributed by atoms with Gasteiger partial charge in [0.1, 0.15) is 11.4 Å². The van der Waals surface area contributed by atoms with E-state index in [2.05, 4.69) is 13.8 Å². The van der Waals surface area contributed by atoms with Gasteiger partial charge in [-0.15, -0.1) is 0 Å². The molecule has 0 heterocycles. The molecule has 182 valence electrons. The van der Waals surface area contributed by atoms with E-state index in [4.69, 9.17) is 4.74 Å². The summed E-state index contributed by atoms with van der Waals surface area (Å²) in [4.78, 5) is 26.2. The van der Waals surface area contributed by atoms with Crippen LogP contribution in [0.15, 0.2) is 0 Å². The quantitative estimate of drug-likeness (QED) is 0.436. The van der Waals surface area contributed by atoms with Gasteiger partial charge in [0.05, 0.1) is 5.92 Å². The number of carbonyl (C=O) groups is 2. The monoisotopic (exact) mass is 452 g/mol. The Hall–Kier alpha value is -0.860. The van der Waals surface area contributed by atoms with Gasteiger partial charge in [0.25, 0.3) is 0 Å². The van der Waals surface area contributed by atoms with Gasteiger partial charge in [0.15, 0.2) is 0 Å². The molecule has 3 heteroatoms. The summed E-state index contributed by atoms with van der Waals surface area (Å²) in [5.41, 5.74) is 0.254. The SMILES string of the molecule is C[C@]12CC[C@H](C(=O)OC34CC5CC(CC(C5)C3)C4)C[C@@H]1CC[C@@H]1[C@@H]2CC[C@]2(C)C(=O)CC[C@@H]12. The van der Waals surface area contributed by atoms with E-state index < -0.39 is 0 Å². The largest absolute Gasteiger partial charge is 0.459 e. The third-order valence-electron chi connectivity index (χ3n) is 13.0. The maximum atomic E-state index is 13.5. The predicted octanol–water partition coefficient (Wildman–Crippen LogP) is 6.73. The van der Waals surface area contributed by atoms with Crippen LogP contribution in [-0.4, -0.2) is 17.4 Å². The van der Waals surface area contributed by atoms with Crippen LogP contribution in [0.4, 0.5) is 0 Å². The van der Waals surface area contributed by atoms with Gasteiger partial charge in [0, 0.05) is 11.8 Å². The zero-order chi connectivity index (χ0) is 22.6. The second-order valence-corrected chi connectivity index (χ2v) is 14.6. The molecule has 4 bridgehead atoms. The molecular formula is C30H44O3. The zero-order valence-corrected chi connectivity index (χ0v) is 21.0. The molecule has 3 nitrogen and oxygen atoms in total. The third-order valence-corrected chi connectivity index (χ3v) is 13.0. The Morgan fingerprint density at radius 3 is 2.21 bits per heavy atom. The number of ether oxygens (including phenoxy) is 1. The number of hydrogen-bond donors (Lipinski definition) is 0. The molecule has 8 aliphatic rings. The van der Waals surface area contributed by atoms with Crippen molar-refractivity contribution in [2.24, 2.45) is 58.2 Å². The molecule has 33 heavy (non-hydrogen) atoms. The second-order valence-electron chi connectivity index (χ2n) is 14.6. The number of fused-ring (bicyclic) bond motifs is 5. The predicted molar refractivity (Wildman–Crippen MR) is 127 cm³/mol. The Bertz CT molecular complexity index is 825. The number of hydrogen-bond acceptors (Lipinski definition) is 3. The highest BCUT2D eigenvalue weighted by Gasteiger charge is 2.61. The molecule has 8 fully saturated rings. The van der Waals surface area contributed by atoms with Gasteiger partial charge < -0.3 is 4.74 Å². The van der Waals surface area contributed by atoms with E-state index in [0.717, 1.165) is 81.0 Å². The highest BCUT2D eigenvalue weighted by molar-refractivity contribution is 5.87. The Morgan fingerprint density at radius 1 is 0.818 bits per heavy atom. The van der Waals surface area contributed by atoms with Crippen LogP contribution in [0.25, 0.3) is 0 Å². The summed E-state index contributed by atoms with van der Waals surface area (Å²) < 4.78 is 6.51. The van der Waals surface area contributed by atoms with Gasteiger partial charge in [-0.25, -0.2) is 0 Å². The highest BCUT2D eigenvalue weighted by atomic mass is 16.6. The van der Waals surface area contributed by atoms with Crippen molar-refractivity contribution in [2.45, 2.75) is 116 Å². The highest BCUT2D eigenvalue weighted by Crippen LogP contribution is 2.66. The molecule has 7 atom stereocenters. The van der Waals surface area contributed by atoms with Crippen LogP contribution in [0.5, 0.6) is 0 Å².